The van der Waals surface area contributed by atoms with Gasteiger partial charge in [-0.1, -0.05) is 18.2 Å². The molecular formula is C27H32N4O3S. The Bertz CT molecular complexity index is 1320. The van der Waals surface area contributed by atoms with E-state index in [1.165, 1.54) is 4.31 Å². The Labute approximate surface area is 207 Å². The van der Waals surface area contributed by atoms with Crippen molar-refractivity contribution in [2.24, 2.45) is 4.99 Å². The Morgan fingerprint density at radius 3 is 2.31 bits per heavy atom. The predicted molar refractivity (Wildman–Crippen MR) is 140 cm³/mol. The summed E-state index contributed by atoms with van der Waals surface area (Å²) in [5.41, 5.74) is 5.95. The molecule has 0 unspecified atom stereocenters. The molecule has 0 saturated carbocycles. The SMILES string of the molecule is Cc1cc(C=Nc2ccccc2)c(C)n1-c1cc(S(=O)(=O)N2CCOCC2)ccc1N1CCCC1. The van der Waals surface area contributed by atoms with Crippen LogP contribution in [0.1, 0.15) is 29.8 Å². The van der Waals surface area contributed by atoms with Crippen LogP contribution >= 0.6 is 0 Å². The van der Waals surface area contributed by atoms with Gasteiger partial charge in [0, 0.05) is 49.3 Å². The topological polar surface area (TPSA) is 67.1 Å². The van der Waals surface area contributed by atoms with E-state index in [1.807, 2.05) is 48.7 Å². The standard InChI is InChI=1S/C27H32N4O3S/c1-21-18-23(20-28-24-8-4-3-5-9-24)22(2)31(21)27-19-25(10-11-26(27)29-12-6-7-13-29)35(32,33)30-14-16-34-17-15-30/h3-5,8-11,18-20H,6-7,12-17H2,1-2H3. The average molecular weight is 493 g/mol. The molecule has 184 valence electrons. The molecule has 0 spiro atoms. The summed E-state index contributed by atoms with van der Waals surface area (Å²) in [5, 5.41) is 0. The maximum Gasteiger partial charge on any atom is 0.243 e. The van der Waals surface area contributed by atoms with Gasteiger partial charge < -0.3 is 14.2 Å². The number of aryl methyl sites for hydroxylation is 1. The van der Waals surface area contributed by atoms with Crippen molar-refractivity contribution in [3.63, 3.8) is 0 Å². The van der Waals surface area contributed by atoms with Crippen LogP contribution < -0.4 is 4.90 Å². The molecule has 35 heavy (non-hydrogen) atoms. The van der Waals surface area contributed by atoms with Crippen LogP contribution in [0.15, 0.2) is 64.5 Å². The fraction of sp³-hybridized carbons (Fsp3) is 0.370. The summed E-state index contributed by atoms with van der Waals surface area (Å²) < 4.78 is 36.0. The second-order valence-electron chi connectivity index (χ2n) is 9.12. The minimum absolute atomic E-state index is 0.323. The van der Waals surface area contributed by atoms with Crippen molar-refractivity contribution in [3.05, 3.63) is 71.5 Å². The van der Waals surface area contributed by atoms with Gasteiger partial charge >= 0.3 is 0 Å². The minimum atomic E-state index is -3.60. The fourth-order valence-electron chi connectivity index (χ4n) is 4.95. The van der Waals surface area contributed by atoms with E-state index in [0.717, 1.165) is 59.9 Å². The number of rotatable bonds is 6. The number of hydrogen-bond acceptors (Lipinski definition) is 5. The van der Waals surface area contributed by atoms with Crippen molar-refractivity contribution >= 4 is 27.6 Å². The summed E-state index contributed by atoms with van der Waals surface area (Å²) in [6.45, 7) is 7.70. The Morgan fingerprint density at radius 1 is 0.886 bits per heavy atom. The van der Waals surface area contributed by atoms with Crippen LogP contribution in [0.5, 0.6) is 0 Å². The average Bonchev–Trinajstić information content (AvgIpc) is 3.51. The highest BCUT2D eigenvalue weighted by Gasteiger charge is 2.28. The number of hydrogen-bond donors (Lipinski definition) is 0. The lowest BCUT2D eigenvalue weighted by atomic mass is 10.2. The predicted octanol–water partition coefficient (Wildman–Crippen LogP) is 4.47. The molecule has 1 aromatic heterocycles. The largest absolute Gasteiger partial charge is 0.379 e. The number of ether oxygens (including phenoxy) is 1. The third-order valence-corrected chi connectivity index (χ3v) is 8.72. The van der Waals surface area contributed by atoms with Crippen molar-refractivity contribution in [3.8, 4) is 5.69 Å². The number of anilines is 1. The molecule has 2 aromatic carbocycles. The van der Waals surface area contributed by atoms with Crippen LogP contribution in [0.4, 0.5) is 11.4 Å². The third kappa shape index (κ3) is 4.78. The van der Waals surface area contributed by atoms with E-state index in [1.54, 1.807) is 6.07 Å². The Kier molecular flexibility index (Phi) is 6.77. The lowest BCUT2D eigenvalue weighted by Crippen LogP contribution is -2.40. The molecule has 7 nitrogen and oxygen atoms in total. The number of aromatic nitrogens is 1. The lowest BCUT2D eigenvalue weighted by Gasteiger charge is -2.28. The Balaban J connectivity index is 1.59. The normalized spacial score (nSPS) is 17.5. The molecule has 0 N–H and O–H groups in total. The Morgan fingerprint density at radius 2 is 1.60 bits per heavy atom. The van der Waals surface area contributed by atoms with Gasteiger partial charge in [0.2, 0.25) is 10.0 Å². The molecule has 0 amide bonds. The van der Waals surface area contributed by atoms with Crippen LogP contribution in [-0.2, 0) is 14.8 Å². The number of benzene rings is 2. The first-order chi connectivity index (χ1) is 16.9. The van der Waals surface area contributed by atoms with Crippen molar-refractivity contribution in [2.75, 3.05) is 44.3 Å². The molecule has 3 aromatic rings. The molecule has 2 saturated heterocycles. The van der Waals surface area contributed by atoms with Gasteiger partial charge in [-0.25, -0.2) is 8.42 Å². The highest BCUT2D eigenvalue weighted by Crippen LogP contribution is 2.34. The van der Waals surface area contributed by atoms with Gasteiger partial charge in [-0.15, -0.1) is 0 Å². The van der Waals surface area contributed by atoms with Crippen molar-refractivity contribution in [1.29, 1.82) is 0 Å². The number of sulfonamides is 1. The van der Waals surface area contributed by atoms with E-state index in [9.17, 15) is 8.42 Å². The van der Waals surface area contributed by atoms with E-state index < -0.39 is 10.0 Å². The summed E-state index contributed by atoms with van der Waals surface area (Å²) in [6.07, 6.45) is 4.18. The highest BCUT2D eigenvalue weighted by atomic mass is 32.2. The maximum atomic E-state index is 13.5. The smallest absolute Gasteiger partial charge is 0.243 e. The van der Waals surface area contributed by atoms with Crippen molar-refractivity contribution in [1.82, 2.24) is 8.87 Å². The first-order valence-corrected chi connectivity index (χ1v) is 13.6. The van der Waals surface area contributed by atoms with Gasteiger partial charge in [0.05, 0.1) is 35.2 Å². The molecular weight excluding hydrogens is 460 g/mol. The van der Waals surface area contributed by atoms with Gasteiger partial charge in [-0.05, 0) is 63.1 Å². The molecule has 2 aliphatic rings. The number of nitrogens with zero attached hydrogens (tertiary/aromatic N) is 4. The number of para-hydroxylation sites is 1. The Hall–Kier alpha value is -2.94. The van der Waals surface area contributed by atoms with Gasteiger partial charge in [-0.3, -0.25) is 4.99 Å². The van der Waals surface area contributed by atoms with Crippen molar-refractivity contribution in [2.45, 2.75) is 31.6 Å². The summed E-state index contributed by atoms with van der Waals surface area (Å²) in [7, 11) is -3.60. The number of morpholine rings is 1. The second kappa shape index (κ2) is 9.97. The minimum Gasteiger partial charge on any atom is -0.379 e. The molecule has 0 aliphatic carbocycles. The molecule has 2 fully saturated rings. The molecule has 5 rings (SSSR count). The first-order valence-electron chi connectivity index (χ1n) is 12.2. The van der Waals surface area contributed by atoms with E-state index in [4.69, 9.17) is 4.74 Å². The van der Waals surface area contributed by atoms with E-state index in [0.29, 0.717) is 31.2 Å². The molecule has 0 atom stereocenters. The summed E-state index contributed by atoms with van der Waals surface area (Å²) in [6, 6.07) is 17.6. The second-order valence-corrected chi connectivity index (χ2v) is 11.1. The summed E-state index contributed by atoms with van der Waals surface area (Å²) in [5.74, 6) is 0. The highest BCUT2D eigenvalue weighted by molar-refractivity contribution is 7.89. The van der Waals surface area contributed by atoms with Gasteiger partial charge in [0.25, 0.3) is 0 Å². The molecule has 8 heteroatoms. The van der Waals surface area contributed by atoms with Crippen LogP contribution in [0, 0.1) is 13.8 Å². The molecule has 2 aliphatic heterocycles. The zero-order valence-electron chi connectivity index (χ0n) is 20.4. The lowest BCUT2D eigenvalue weighted by molar-refractivity contribution is 0.0730. The van der Waals surface area contributed by atoms with Crippen LogP contribution in [-0.4, -0.2) is 62.9 Å². The number of aliphatic imine (C=N–C) groups is 1. The van der Waals surface area contributed by atoms with Crippen LogP contribution in [0.25, 0.3) is 5.69 Å². The zero-order chi connectivity index (χ0) is 24.4. The van der Waals surface area contributed by atoms with Crippen molar-refractivity contribution < 1.29 is 13.2 Å². The molecule has 0 bridgehead atoms. The molecule has 0 radical (unpaired) electrons. The van der Waals surface area contributed by atoms with Crippen LogP contribution in [0.3, 0.4) is 0 Å². The zero-order valence-corrected chi connectivity index (χ0v) is 21.2. The van der Waals surface area contributed by atoms with Crippen LogP contribution in [0.2, 0.25) is 0 Å². The van der Waals surface area contributed by atoms with Gasteiger partial charge in [0.15, 0.2) is 0 Å². The van der Waals surface area contributed by atoms with E-state index >= 15 is 0 Å². The molecule has 3 heterocycles. The summed E-state index contributed by atoms with van der Waals surface area (Å²) >= 11 is 0. The quantitative estimate of drug-likeness (QED) is 0.477. The maximum absolute atomic E-state index is 13.5. The van der Waals surface area contributed by atoms with E-state index in [-0.39, 0.29) is 0 Å². The first kappa shape index (κ1) is 23.8. The van der Waals surface area contributed by atoms with Gasteiger partial charge in [-0.2, -0.15) is 4.31 Å². The monoisotopic (exact) mass is 492 g/mol. The van der Waals surface area contributed by atoms with E-state index in [2.05, 4.69) is 34.4 Å². The van der Waals surface area contributed by atoms with Gasteiger partial charge in [0.1, 0.15) is 0 Å². The summed E-state index contributed by atoms with van der Waals surface area (Å²) in [4.78, 5) is 7.32. The fourth-order valence-corrected chi connectivity index (χ4v) is 6.38. The third-order valence-electron chi connectivity index (χ3n) is 6.82.